The second-order valence-electron chi connectivity index (χ2n) is 8.67. The molecule has 0 saturated heterocycles. The molecule has 8 heteroatoms. The number of aryl methyl sites for hydroxylation is 1. The number of ether oxygens (including phenoxy) is 1. The normalized spacial score (nSPS) is 13.5. The van der Waals surface area contributed by atoms with Gasteiger partial charge in [-0.2, -0.15) is 0 Å². The second kappa shape index (κ2) is 15.8. The number of allylic oxidation sites excluding steroid dienone is 1. The molecule has 1 radical (unpaired) electrons. The van der Waals surface area contributed by atoms with Crippen LogP contribution >= 0.6 is 0 Å². The molecule has 0 bridgehead atoms. The molecule has 201 valence electrons. The summed E-state index contributed by atoms with van der Waals surface area (Å²) >= 11 is 0. The monoisotopic (exact) mass is 645 g/mol. The van der Waals surface area contributed by atoms with Crippen LogP contribution in [-0.2, 0) is 34.2 Å². The fourth-order valence-corrected chi connectivity index (χ4v) is 4.95. The van der Waals surface area contributed by atoms with Crippen LogP contribution in [0.4, 0.5) is 0 Å². The molecule has 39 heavy (non-hydrogen) atoms. The van der Waals surface area contributed by atoms with E-state index >= 15 is 0 Å². The fraction of sp³-hybridized carbons (Fsp3) is 0.226. The SMILES string of the molecule is CC1=C=C=C(COCC[N-]C(c2ccccc2)C([N-]S(=O)(=O)c2ccc(C)cc2)c2ccccc2)C#C1.[Cl-].[Ru+3]. The molecule has 2 unspecified atom stereocenters. The Balaban J connectivity index is 0.00000267. The van der Waals surface area contributed by atoms with E-state index in [0.29, 0.717) is 19.8 Å². The minimum atomic E-state index is -3.93. The summed E-state index contributed by atoms with van der Waals surface area (Å²) in [6.45, 7) is 4.84. The van der Waals surface area contributed by atoms with E-state index in [1.807, 2.05) is 74.5 Å². The van der Waals surface area contributed by atoms with E-state index in [9.17, 15) is 8.42 Å². The van der Waals surface area contributed by atoms with Crippen LogP contribution in [0.3, 0.4) is 0 Å². The average molecular weight is 645 g/mol. The Morgan fingerprint density at radius 3 is 1.95 bits per heavy atom. The summed E-state index contributed by atoms with van der Waals surface area (Å²) in [6, 6.07) is 24.5. The molecule has 5 nitrogen and oxygen atoms in total. The van der Waals surface area contributed by atoms with E-state index in [0.717, 1.165) is 27.8 Å². The van der Waals surface area contributed by atoms with Gasteiger partial charge in [0.25, 0.3) is 0 Å². The molecule has 0 aromatic heterocycles. The maximum Gasteiger partial charge on any atom is 3.00 e. The molecule has 0 amide bonds. The van der Waals surface area contributed by atoms with Gasteiger partial charge in [-0.05, 0) is 26.0 Å². The first-order chi connectivity index (χ1) is 17.9. The Kier molecular flexibility index (Phi) is 13.1. The van der Waals surface area contributed by atoms with Crippen molar-refractivity contribution in [2.75, 3.05) is 19.8 Å². The number of benzene rings is 3. The first-order valence-corrected chi connectivity index (χ1v) is 13.5. The molecule has 3 aromatic carbocycles. The van der Waals surface area contributed by atoms with Crippen molar-refractivity contribution < 1.29 is 45.0 Å². The second-order valence-corrected chi connectivity index (χ2v) is 10.3. The van der Waals surface area contributed by atoms with Gasteiger partial charge >= 0.3 is 19.5 Å². The summed E-state index contributed by atoms with van der Waals surface area (Å²) in [5, 5.41) is 4.89. The summed E-state index contributed by atoms with van der Waals surface area (Å²) in [5.74, 6) is 5.96. The summed E-state index contributed by atoms with van der Waals surface area (Å²) in [5.41, 5.74) is 10.2. The van der Waals surface area contributed by atoms with Gasteiger partial charge in [0.15, 0.2) is 0 Å². The van der Waals surface area contributed by atoms with Crippen molar-refractivity contribution in [3.05, 3.63) is 134 Å². The van der Waals surface area contributed by atoms with E-state index in [1.54, 1.807) is 24.3 Å². The van der Waals surface area contributed by atoms with Crippen molar-refractivity contribution in [3.8, 4) is 11.8 Å². The number of halogens is 1. The quantitative estimate of drug-likeness (QED) is 0.131. The molecule has 1 aliphatic carbocycles. The van der Waals surface area contributed by atoms with Gasteiger partial charge in [0, 0.05) is 17.1 Å². The Hall–Kier alpha value is -2.74. The number of rotatable bonds is 12. The molecule has 0 fully saturated rings. The fourth-order valence-electron chi connectivity index (χ4n) is 3.81. The minimum absolute atomic E-state index is 0. The molecule has 1 aliphatic rings. The molecule has 3 aromatic rings. The third-order valence-electron chi connectivity index (χ3n) is 5.76. The van der Waals surface area contributed by atoms with E-state index in [2.05, 4.69) is 28.0 Å². The van der Waals surface area contributed by atoms with Crippen molar-refractivity contribution in [2.45, 2.75) is 30.8 Å². The van der Waals surface area contributed by atoms with Crippen molar-refractivity contribution >= 4 is 10.0 Å². The molecular weight excluding hydrogens is 617 g/mol. The Morgan fingerprint density at radius 1 is 0.795 bits per heavy atom. The molecule has 4 rings (SSSR count). The molecule has 2 atom stereocenters. The number of nitrogens with zero attached hydrogens (tertiary/aromatic N) is 2. The van der Waals surface area contributed by atoms with E-state index in [1.165, 1.54) is 0 Å². The van der Waals surface area contributed by atoms with Crippen LogP contribution in [0.15, 0.2) is 112 Å². The zero-order valence-corrected chi connectivity index (χ0v) is 24.9. The van der Waals surface area contributed by atoms with Crippen LogP contribution in [0.5, 0.6) is 0 Å². The minimum Gasteiger partial charge on any atom is -1.00 e. The van der Waals surface area contributed by atoms with Gasteiger partial charge in [0.1, 0.15) is 10.0 Å². The summed E-state index contributed by atoms with van der Waals surface area (Å²) in [6.07, 6.45) is 0. The van der Waals surface area contributed by atoms with Crippen molar-refractivity contribution in [2.24, 2.45) is 0 Å². The maximum atomic E-state index is 13.4. The summed E-state index contributed by atoms with van der Waals surface area (Å²) in [4.78, 5) is 0.161. The molecular formula is C31H28ClN2O3RuS. The Morgan fingerprint density at radius 2 is 1.38 bits per heavy atom. The van der Waals surface area contributed by atoms with Crippen LogP contribution in [0.2, 0.25) is 0 Å². The van der Waals surface area contributed by atoms with Crippen molar-refractivity contribution in [1.29, 1.82) is 0 Å². The average Bonchev–Trinajstić information content (AvgIpc) is 2.92. The van der Waals surface area contributed by atoms with Gasteiger partial charge in [-0.15, -0.1) is 18.6 Å². The van der Waals surface area contributed by atoms with Crippen LogP contribution in [0.1, 0.15) is 35.7 Å². The van der Waals surface area contributed by atoms with Gasteiger partial charge in [-0.3, -0.25) is 0 Å². The molecule has 0 aliphatic heterocycles. The van der Waals surface area contributed by atoms with Gasteiger partial charge in [-0.25, -0.2) is 8.42 Å². The smallest absolute Gasteiger partial charge is 1.00 e. The standard InChI is InChI=1S/C31H28N2O3S.ClH.Ru/c1-24-13-17-26(18-14-24)23-36-22-21-32-30(27-9-5-3-6-10-27)31(28-11-7-4-8-12-28)33-37(34,35)29-19-15-25(2)16-20-29;;/h3-12,15-16,19-20,30-31H,21-23H2,1-2H3;1H;/q-2;;+3/p-1. The van der Waals surface area contributed by atoms with Crippen LogP contribution in [0.25, 0.3) is 10.0 Å². The van der Waals surface area contributed by atoms with Gasteiger partial charge in [0.2, 0.25) is 0 Å². The van der Waals surface area contributed by atoms with Crippen molar-refractivity contribution in [1.82, 2.24) is 0 Å². The van der Waals surface area contributed by atoms with E-state index < -0.39 is 22.1 Å². The third kappa shape index (κ3) is 9.45. The zero-order chi connectivity index (χ0) is 26.1. The molecule has 0 saturated carbocycles. The Bertz CT molecular complexity index is 1490. The van der Waals surface area contributed by atoms with Gasteiger partial charge in [0.05, 0.1) is 12.2 Å². The van der Waals surface area contributed by atoms with Crippen LogP contribution in [0, 0.1) is 18.8 Å². The van der Waals surface area contributed by atoms with Crippen LogP contribution < -0.4 is 12.4 Å². The van der Waals surface area contributed by atoms with Crippen LogP contribution in [-0.4, -0.2) is 28.2 Å². The molecule has 0 heterocycles. The zero-order valence-electron chi connectivity index (χ0n) is 21.6. The molecule has 0 spiro atoms. The first-order valence-electron chi connectivity index (χ1n) is 12.0. The van der Waals surface area contributed by atoms with Crippen molar-refractivity contribution in [3.63, 3.8) is 0 Å². The number of hydrogen-bond acceptors (Lipinski definition) is 3. The summed E-state index contributed by atoms with van der Waals surface area (Å²) in [7, 11) is -3.93. The van der Waals surface area contributed by atoms with E-state index in [4.69, 9.17) is 10.1 Å². The van der Waals surface area contributed by atoms with Gasteiger partial charge < -0.3 is 27.2 Å². The number of hydrogen-bond donors (Lipinski definition) is 0. The first kappa shape index (κ1) is 32.5. The van der Waals surface area contributed by atoms with Gasteiger partial charge in [-0.1, -0.05) is 113 Å². The molecule has 0 N–H and O–H groups in total. The maximum absolute atomic E-state index is 13.4. The van der Waals surface area contributed by atoms with E-state index in [-0.39, 0.29) is 36.8 Å². The Labute approximate surface area is 250 Å². The summed E-state index contributed by atoms with van der Waals surface area (Å²) < 4.78 is 36.9. The topological polar surface area (TPSA) is 71.6 Å². The largest absolute Gasteiger partial charge is 3.00 e. The predicted octanol–water partition coefficient (Wildman–Crippen LogP) is 3.58. The number of sulfonamides is 1. The third-order valence-corrected chi connectivity index (χ3v) is 7.13. The predicted molar refractivity (Wildman–Crippen MR) is 147 cm³/mol.